The highest BCUT2D eigenvalue weighted by atomic mass is 32.1. The summed E-state index contributed by atoms with van der Waals surface area (Å²) in [6.07, 6.45) is 14.8. The van der Waals surface area contributed by atoms with Gasteiger partial charge in [-0.05, 0) is 36.8 Å². The normalized spacial score (nSPS) is 10.5. The summed E-state index contributed by atoms with van der Waals surface area (Å²) < 4.78 is 0. The first-order chi connectivity index (χ1) is 14.5. The number of hydrogen-bond acceptors (Lipinski definition) is 3. The number of anilines is 2. The van der Waals surface area contributed by atoms with Gasteiger partial charge in [-0.2, -0.15) is 0 Å². The van der Waals surface area contributed by atoms with E-state index in [4.69, 9.17) is 12.2 Å². The van der Waals surface area contributed by atoms with E-state index in [9.17, 15) is 9.59 Å². The largest absolute Gasteiger partial charge is 0.332 e. The lowest BCUT2D eigenvalue weighted by atomic mass is 10.1. The molecule has 0 aliphatic rings. The summed E-state index contributed by atoms with van der Waals surface area (Å²) in [7, 11) is 0. The van der Waals surface area contributed by atoms with Gasteiger partial charge >= 0.3 is 0 Å². The summed E-state index contributed by atoms with van der Waals surface area (Å²) in [5.74, 6) is -0.103. The zero-order valence-electron chi connectivity index (χ0n) is 18.7. The summed E-state index contributed by atoms with van der Waals surface area (Å²) in [5.41, 5.74) is 1.42. The molecule has 1 aromatic rings. The van der Waals surface area contributed by atoms with Crippen LogP contribution in [-0.2, 0) is 9.59 Å². The molecule has 168 valence electrons. The standard InChI is InChI=1S/C24H39N3O2S/c1-3-5-6-7-8-9-10-11-12-13-14-18-23(29)27-24(30)26-21-17-15-16-20(19-21)25-22(28)4-2/h15-17,19H,3-14,18H2,1-2H3,(H,25,28)(H2,26,27,29,30). The van der Waals surface area contributed by atoms with Crippen molar-refractivity contribution in [2.45, 2.75) is 97.3 Å². The monoisotopic (exact) mass is 433 g/mol. The molecule has 3 N–H and O–H groups in total. The molecule has 0 unspecified atom stereocenters. The second kappa shape index (κ2) is 16.8. The van der Waals surface area contributed by atoms with Gasteiger partial charge in [0, 0.05) is 24.2 Å². The van der Waals surface area contributed by atoms with E-state index in [2.05, 4.69) is 22.9 Å². The molecule has 1 rings (SSSR count). The van der Waals surface area contributed by atoms with Gasteiger partial charge < -0.3 is 16.0 Å². The Morgan fingerprint density at radius 1 is 0.767 bits per heavy atom. The summed E-state index contributed by atoms with van der Waals surface area (Å²) in [6, 6.07) is 7.26. The van der Waals surface area contributed by atoms with Crippen molar-refractivity contribution in [3.05, 3.63) is 24.3 Å². The Morgan fingerprint density at radius 3 is 1.87 bits per heavy atom. The van der Waals surface area contributed by atoms with E-state index >= 15 is 0 Å². The molecule has 0 saturated carbocycles. The first kappa shape index (κ1) is 26.1. The zero-order chi connectivity index (χ0) is 22.0. The topological polar surface area (TPSA) is 70.2 Å². The van der Waals surface area contributed by atoms with Gasteiger partial charge in [0.15, 0.2) is 5.11 Å². The predicted octanol–water partition coefficient (Wildman–Crippen LogP) is 6.55. The molecule has 0 radical (unpaired) electrons. The summed E-state index contributed by atoms with van der Waals surface area (Å²) in [4.78, 5) is 23.6. The van der Waals surface area contributed by atoms with Crippen LogP contribution in [0.5, 0.6) is 0 Å². The van der Waals surface area contributed by atoms with E-state index in [-0.39, 0.29) is 16.9 Å². The molecule has 0 heterocycles. The van der Waals surface area contributed by atoms with E-state index in [0.717, 1.165) is 18.5 Å². The van der Waals surface area contributed by atoms with Crippen molar-refractivity contribution in [1.29, 1.82) is 0 Å². The fraction of sp³-hybridized carbons (Fsp3) is 0.625. The molecule has 0 aromatic heterocycles. The molecular weight excluding hydrogens is 394 g/mol. The van der Waals surface area contributed by atoms with Gasteiger partial charge in [0.2, 0.25) is 11.8 Å². The Hall–Kier alpha value is -1.95. The van der Waals surface area contributed by atoms with Crippen molar-refractivity contribution in [3.8, 4) is 0 Å². The number of nitrogens with one attached hydrogen (secondary N) is 3. The van der Waals surface area contributed by atoms with E-state index in [0.29, 0.717) is 18.5 Å². The average molecular weight is 434 g/mol. The number of thiocarbonyl (C=S) groups is 1. The number of amides is 2. The lowest BCUT2D eigenvalue weighted by Crippen LogP contribution is -2.33. The van der Waals surface area contributed by atoms with Crippen LogP contribution in [0.25, 0.3) is 0 Å². The summed E-state index contributed by atoms with van der Waals surface area (Å²) >= 11 is 5.22. The van der Waals surface area contributed by atoms with Crippen LogP contribution in [0.3, 0.4) is 0 Å². The van der Waals surface area contributed by atoms with Crippen LogP contribution in [0.15, 0.2) is 24.3 Å². The van der Waals surface area contributed by atoms with Crippen molar-refractivity contribution >= 4 is 40.5 Å². The molecule has 0 atom stereocenters. The molecule has 6 heteroatoms. The van der Waals surface area contributed by atoms with Crippen molar-refractivity contribution < 1.29 is 9.59 Å². The van der Waals surface area contributed by atoms with Gasteiger partial charge in [0.1, 0.15) is 0 Å². The molecule has 2 amide bonds. The summed E-state index contributed by atoms with van der Waals surface area (Å²) in [6.45, 7) is 4.05. The smallest absolute Gasteiger partial charge is 0.226 e. The average Bonchev–Trinajstić information content (AvgIpc) is 2.72. The van der Waals surface area contributed by atoms with E-state index in [1.54, 1.807) is 13.0 Å². The molecule has 5 nitrogen and oxygen atoms in total. The molecular formula is C24H39N3O2S. The Kier molecular flexibility index (Phi) is 14.6. The van der Waals surface area contributed by atoms with Crippen LogP contribution >= 0.6 is 12.2 Å². The van der Waals surface area contributed by atoms with Crippen LogP contribution in [-0.4, -0.2) is 16.9 Å². The van der Waals surface area contributed by atoms with E-state index < -0.39 is 0 Å². The molecule has 0 saturated heterocycles. The van der Waals surface area contributed by atoms with Gasteiger partial charge in [0.05, 0.1) is 0 Å². The van der Waals surface area contributed by atoms with Crippen molar-refractivity contribution in [2.75, 3.05) is 10.6 Å². The Labute approximate surface area is 187 Å². The number of benzene rings is 1. The lowest BCUT2D eigenvalue weighted by molar-refractivity contribution is -0.119. The number of hydrogen-bond donors (Lipinski definition) is 3. The first-order valence-electron chi connectivity index (χ1n) is 11.6. The third-order valence-corrected chi connectivity index (χ3v) is 5.19. The molecule has 30 heavy (non-hydrogen) atoms. The van der Waals surface area contributed by atoms with Gasteiger partial charge in [-0.25, -0.2) is 0 Å². The second-order valence-corrected chi connectivity index (χ2v) is 8.18. The molecule has 0 aliphatic carbocycles. The molecule has 0 spiro atoms. The predicted molar refractivity (Wildman–Crippen MR) is 131 cm³/mol. The maximum Gasteiger partial charge on any atom is 0.226 e. The van der Waals surface area contributed by atoms with E-state index in [1.165, 1.54) is 57.8 Å². The molecule has 0 aliphatic heterocycles. The SMILES string of the molecule is CCCCCCCCCCCCCC(=O)NC(=S)Nc1cccc(NC(=O)CC)c1. The third-order valence-electron chi connectivity index (χ3n) is 4.99. The van der Waals surface area contributed by atoms with Crippen LogP contribution in [0.1, 0.15) is 97.3 Å². The highest BCUT2D eigenvalue weighted by Crippen LogP contribution is 2.15. The van der Waals surface area contributed by atoms with Crippen LogP contribution < -0.4 is 16.0 Å². The molecule has 0 fully saturated rings. The van der Waals surface area contributed by atoms with Gasteiger partial charge in [0.25, 0.3) is 0 Å². The van der Waals surface area contributed by atoms with Crippen molar-refractivity contribution in [2.24, 2.45) is 0 Å². The van der Waals surface area contributed by atoms with Gasteiger partial charge in [-0.1, -0.05) is 84.1 Å². The molecule has 0 bridgehead atoms. The van der Waals surface area contributed by atoms with Gasteiger partial charge in [-0.15, -0.1) is 0 Å². The van der Waals surface area contributed by atoms with Crippen LogP contribution in [0, 0.1) is 0 Å². The number of unbranched alkanes of at least 4 members (excludes halogenated alkanes) is 10. The fourth-order valence-corrected chi connectivity index (χ4v) is 3.46. The third kappa shape index (κ3) is 13.3. The Morgan fingerprint density at radius 2 is 1.30 bits per heavy atom. The lowest BCUT2D eigenvalue weighted by Gasteiger charge is -2.11. The molecule has 1 aromatic carbocycles. The number of rotatable bonds is 15. The highest BCUT2D eigenvalue weighted by Gasteiger charge is 2.06. The Balaban J connectivity index is 2.11. The van der Waals surface area contributed by atoms with Gasteiger partial charge in [-0.3, -0.25) is 9.59 Å². The van der Waals surface area contributed by atoms with Crippen LogP contribution in [0.2, 0.25) is 0 Å². The number of carbonyl (C=O) groups excluding carboxylic acids is 2. The van der Waals surface area contributed by atoms with Crippen molar-refractivity contribution in [3.63, 3.8) is 0 Å². The number of carbonyl (C=O) groups is 2. The maximum atomic E-state index is 12.1. The van der Waals surface area contributed by atoms with E-state index in [1.807, 2.05) is 18.2 Å². The zero-order valence-corrected chi connectivity index (χ0v) is 19.5. The second-order valence-electron chi connectivity index (χ2n) is 7.77. The van der Waals surface area contributed by atoms with Crippen molar-refractivity contribution in [1.82, 2.24) is 5.32 Å². The minimum absolute atomic E-state index is 0.0463. The minimum atomic E-state index is -0.0566. The quantitative estimate of drug-likeness (QED) is 0.217. The first-order valence-corrected chi connectivity index (χ1v) is 12.0. The highest BCUT2D eigenvalue weighted by molar-refractivity contribution is 7.80. The minimum Gasteiger partial charge on any atom is -0.332 e. The van der Waals surface area contributed by atoms with Crippen LogP contribution in [0.4, 0.5) is 11.4 Å². The fourth-order valence-electron chi connectivity index (χ4n) is 3.23. The Bertz CT molecular complexity index is 649. The maximum absolute atomic E-state index is 12.1. The summed E-state index contributed by atoms with van der Waals surface area (Å²) in [5, 5.41) is 8.80.